The predicted octanol–water partition coefficient (Wildman–Crippen LogP) is 3.66. The molecular formula is C13H10F3N. The van der Waals surface area contributed by atoms with E-state index >= 15 is 0 Å². The molecule has 0 bridgehead atoms. The van der Waals surface area contributed by atoms with Gasteiger partial charge in [0.25, 0.3) is 0 Å². The molecule has 0 spiro atoms. The molecule has 4 heteroatoms. The number of hydrogen-bond donors (Lipinski definition) is 1. The van der Waals surface area contributed by atoms with E-state index in [4.69, 9.17) is 5.73 Å². The van der Waals surface area contributed by atoms with E-state index in [9.17, 15) is 13.2 Å². The lowest BCUT2D eigenvalue weighted by Gasteiger charge is -2.08. The molecule has 0 aliphatic rings. The number of benzene rings is 2. The monoisotopic (exact) mass is 237 g/mol. The van der Waals surface area contributed by atoms with E-state index in [2.05, 4.69) is 0 Å². The lowest BCUT2D eigenvalue weighted by Crippen LogP contribution is -1.96. The van der Waals surface area contributed by atoms with Gasteiger partial charge in [-0.25, -0.2) is 13.2 Å². The number of aryl methyl sites for hydroxylation is 1. The highest BCUT2D eigenvalue weighted by atomic mass is 19.1. The van der Waals surface area contributed by atoms with E-state index in [1.165, 1.54) is 18.2 Å². The van der Waals surface area contributed by atoms with Gasteiger partial charge in [0, 0.05) is 11.6 Å². The average molecular weight is 237 g/mol. The van der Waals surface area contributed by atoms with Crippen molar-refractivity contribution in [1.29, 1.82) is 0 Å². The molecule has 0 unspecified atom stereocenters. The van der Waals surface area contributed by atoms with E-state index in [1.54, 1.807) is 6.92 Å². The van der Waals surface area contributed by atoms with Crippen LogP contribution in [0.1, 0.15) is 5.56 Å². The summed E-state index contributed by atoms with van der Waals surface area (Å²) in [6.07, 6.45) is 0. The Hall–Kier alpha value is -1.97. The fraction of sp³-hybridized carbons (Fsp3) is 0.0769. The highest BCUT2D eigenvalue weighted by Crippen LogP contribution is 2.29. The zero-order chi connectivity index (χ0) is 12.6. The minimum Gasteiger partial charge on any atom is -0.396 e. The first kappa shape index (κ1) is 11.5. The third kappa shape index (κ3) is 2.11. The summed E-state index contributed by atoms with van der Waals surface area (Å²) < 4.78 is 39.9. The van der Waals surface area contributed by atoms with Crippen molar-refractivity contribution in [3.05, 3.63) is 53.3 Å². The van der Waals surface area contributed by atoms with E-state index in [1.807, 2.05) is 0 Å². The first-order valence-corrected chi connectivity index (χ1v) is 5.00. The van der Waals surface area contributed by atoms with Crippen LogP contribution in [-0.2, 0) is 0 Å². The van der Waals surface area contributed by atoms with Gasteiger partial charge in [-0.15, -0.1) is 0 Å². The van der Waals surface area contributed by atoms with Gasteiger partial charge in [-0.05, 0) is 36.2 Å². The molecule has 2 N–H and O–H groups in total. The normalized spacial score (nSPS) is 10.6. The van der Waals surface area contributed by atoms with Crippen LogP contribution in [0.2, 0.25) is 0 Å². The lowest BCUT2D eigenvalue weighted by molar-refractivity contribution is 0.606. The van der Waals surface area contributed by atoms with Crippen LogP contribution in [-0.4, -0.2) is 0 Å². The number of halogens is 3. The van der Waals surface area contributed by atoms with Crippen LogP contribution in [0, 0.1) is 24.4 Å². The van der Waals surface area contributed by atoms with E-state index in [-0.39, 0.29) is 11.3 Å². The Labute approximate surface area is 96.7 Å². The maximum absolute atomic E-state index is 13.7. The van der Waals surface area contributed by atoms with Gasteiger partial charge in [-0.3, -0.25) is 0 Å². The molecule has 0 atom stereocenters. The van der Waals surface area contributed by atoms with E-state index in [0.717, 1.165) is 12.1 Å². The smallest absolute Gasteiger partial charge is 0.146 e. The Morgan fingerprint density at radius 3 is 2.24 bits per heavy atom. The molecule has 0 aromatic heterocycles. The van der Waals surface area contributed by atoms with Gasteiger partial charge in [0.15, 0.2) is 0 Å². The number of rotatable bonds is 1. The third-order valence-electron chi connectivity index (χ3n) is 2.56. The summed E-state index contributed by atoms with van der Waals surface area (Å²) in [5, 5.41) is 0. The first-order valence-electron chi connectivity index (χ1n) is 5.00. The van der Waals surface area contributed by atoms with Gasteiger partial charge < -0.3 is 5.73 Å². The SMILES string of the molecule is Cc1cc(F)ccc1-c1cc(F)c(N)cc1F. The molecule has 0 amide bonds. The van der Waals surface area contributed by atoms with Crippen molar-refractivity contribution in [3.63, 3.8) is 0 Å². The maximum Gasteiger partial charge on any atom is 0.146 e. The molecule has 2 aromatic carbocycles. The predicted molar refractivity (Wildman–Crippen MR) is 60.9 cm³/mol. The van der Waals surface area contributed by atoms with Crippen LogP contribution in [0.4, 0.5) is 18.9 Å². The second kappa shape index (κ2) is 4.13. The molecule has 0 fully saturated rings. The first-order chi connectivity index (χ1) is 7.99. The number of hydrogen-bond acceptors (Lipinski definition) is 1. The fourth-order valence-electron chi connectivity index (χ4n) is 1.70. The van der Waals surface area contributed by atoms with Crippen molar-refractivity contribution in [2.75, 3.05) is 5.73 Å². The van der Waals surface area contributed by atoms with Gasteiger partial charge in [-0.2, -0.15) is 0 Å². The summed E-state index contributed by atoms with van der Waals surface area (Å²) >= 11 is 0. The average Bonchev–Trinajstić information content (AvgIpc) is 2.24. The van der Waals surface area contributed by atoms with E-state index in [0.29, 0.717) is 11.1 Å². The maximum atomic E-state index is 13.7. The summed E-state index contributed by atoms with van der Waals surface area (Å²) in [6, 6.07) is 5.83. The van der Waals surface area contributed by atoms with Crippen LogP contribution in [0.15, 0.2) is 30.3 Å². The summed E-state index contributed by atoms with van der Waals surface area (Å²) in [4.78, 5) is 0. The Kier molecular flexibility index (Phi) is 2.79. The molecule has 0 heterocycles. The number of anilines is 1. The molecule has 1 nitrogen and oxygen atoms in total. The van der Waals surface area contributed by atoms with Crippen molar-refractivity contribution in [2.45, 2.75) is 6.92 Å². The van der Waals surface area contributed by atoms with Gasteiger partial charge in [0.05, 0.1) is 5.69 Å². The largest absolute Gasteiger partial charge is 0.396 e. The minimum absolute atomic E-state index is 0.0780. The second-order valence-corrected chi connectivity index (χ2v) is 3.81. The quantitative estimate of drug-likeness (QED) is 0.752. The third-order valence-corrected chi connectivity index (χ3v) is 2.56. The van der Waals surface area contributed by atoms with Gasteiger partial charge in [0.1, 0.15) is 17.5 Å². The molecule has 0 saturated carbocycles. The van der Waals surface area contributed by atoms with Crippen LogP contribution >= 0.6 is 0 Å². The Morgan fingerprint density at radius 1 is 0.882 bits per heavy atom. The van der Waals surface area contributed by atoms with Crippen LogP contribution in [0.5, 0.6) is 0 Å². The van der Waals surface area contributed by atoms with Crippen molar-refractivity contribution in [1.82, 2.24) is 0 Å². The molecule has 17 heavy (non-hydrogen) atoms. The summed E-state index contributed by atoms with van der Waals surface area (Å²) in [7, 11) is 0. The van der Waals surface area contributed by atoms with Crippen molar-refractivity contribution in [2.24, 2.45) is 0 Å². The number of nitrogen functional groups attached to an aromatic ring is 1. The van der Waals surface area contributed by atoms with E-state index < -0.39 is 17.5 Å². The fourth-order valence-corrected chi connectivity index (χ4v) is 1.70. The van der Waals surface area contributed by atoms with Crippen LogP contribution in [0.3, 0.4) is 0 Å². The van der Waals surface area contributed by atoms with Crippen LogP contribution in [0.25, 0.3) is 11.1 Å². The topological polar surface area (TPSA) is 26.0 Å². The summed E-state index contributed by atoms with van der Waals surface area (Å²) in [5.41, 5.74) is 6.07. The zero-order valence-electron chi connectivity index (χ0n) is 9.10. The standard InChI is InChI=1S/C13H10F3N/c1-7-4-8(14)2-3-9(7)10-5-12(16)13(17)6-11(10)15/h2-6H,17H2,1H3. The molecule has 0 saturated heterocycles. The summed E-state index contributed by atoms with van der Waals surface area (Å²) in [5.74, 6) is -1.73. The molecule has 0 aliphatic carbocycles. The second-order valence-electron chi connectivity index (χ2n) is 3.81. The Balaban J connectivity index is 2.64. The van der Waals surface area contributed by atoms with Crippen molar-refractivity contribution >= 4 is 5.69 Å². The molecule has 2 aromatic rings. The van der Waals surface area contributed by atoms with Gasteiger partial charge in [-0.1, -0.05) is 6.07 Å². The van der Waals surface area contributed by atoms with Gasteiger partial charge >= 0.3 is 0 Å². The van der Waals surface area contributed by atoms with Crippen LogP contribution < -0.4 is 5.73 Å². The number of nitrogens with two attached hydrogens (primary N) is 1. The highest BCUT2D eigenvalue weighted by molar-refractivity contribution is 5.69. The van der Waals surface area contributed by atoms with Crippen molar-refractivity contribution < 1.29 is 13.2 Å². The summed E-state index contributed by atoms with van der Waals surface area (Å²) in [6.45, 7) is 1.63. The van der Waals surface area contributed by atoms with Crippen molar-refractivity contribution in [3.8, 4) is 11.1 Å². The molecular weight excluding hydrogens is 227 g/mol. The Morgan fingerprint density at radius 2 is 1.59 bits per heavy atom. The molecule has 0 radical (unpaired) electrons. The minimum atomic E-state index is -0.690. The zero-order valence-corrected chi connectivity index (χ0v) is 9.10. The molecule has 88 valence electrons. The highest BCUT2D eigenvalue weighted by Gasteiger charge is 2.12. The van der Waals surface area contributed by atoms with Gasteiger partial charge in [0.2, 0.25) is 0 Å². The lowest BCUT2D eigenvalue weighted by atomic mass is 9.99. The molecule has 2 rings (SSSR count). The Bertz CT molecular complexity index is 579. The molecule has 0 aliphatic heterocycles.